The maximum absolute atomic E-state index is 13.0. The number of fused-ring (bicyclic) bond motifs is 4. The van der Waals surface area contributed by atoms with E-state index < -0.39 is 11.9 Å². The summed E-state index contributed by atoms with van der Waals surface area (Å²) in [5, 5.41) is 14.6. The SMILES string of the molecule is Cc1ccnn1Cc1ccc2c(c1)NCc1nc(C(=O)OC(=O)c3cn4c(n3)CNc3cc(Nc5ccccc5)ccc3C4)cn1C2. The van der Waals surface area contributed by atoms with Gasteiger partial charge in [0.2, 0.25) is 0 Å². The van der Waals surface area contributed by atoms with E-state index in [0.29, 0.717) is 44.4 Å². The van der Waals surface area contributed by atoms with Crippen LogP contribution in [-0.4, -0.2) is 40.8 Å². The van der Waals surface area contributed by atoms with Gasteiger partial charge in [-0.15, -0.1) is 0 Å². The van der Waals surface area contributed by atoms with Gasteiger partial charge in [0.05, 0.1) is 32.7 Å². The van der Waals surface area contributed by atoms with Crippen LogP contribution in [0.2, 0.25) is 0 Å². The molecule has 0 amide bonds. The molecule has 0 atom stereocenters. The number of benzene rings is 3. The summed E-state index contributed by atoms with van der Waals surface area (Å²) in [6.45, 7) is 4.59. The van der Waals surface area contributed by atoms with Crippen LogP contribution in [0, 0.1) is 6.92 Å². The van der Waals surface area contributed by atoms with E-state index in [2.05, 4.69) is 55.3 Å². The lowest BCUT2D eigenvalue weighted by molar-refractivity contribution is 0.0389. The predicted octanol–water partition coefficient (Wildman–Crippen LogP) is 5.32. The van der Waals surface area contributed by atoms with Gasteiger partial charge in [0, 0.05) is 47.0 Å². The molecule has 0 fully saturated rings. The molecule has 47 heavy (non-hydrogen) atoms. The van der Waals surface area contributed by atoms with Crippen LogP contribution in [0.25, 0.3) is 0 Å². The Bertz CT molecular complexity index is 2140. The van der Waals surface area contributed by atoms with E-state index in [-0.39, 0.29) is 11.4 Å². The van der Waals surface area contributed by atoms with Crippen molar-refractivity contribution in [1.29, 1.82) is 0 Å². The Kier molecular flexibility index (Phi) is 7.01. The summed E-state index contributed by atoms with van der Waals surface area (Å²) >= 11 is 0. The number of hydrogen-bond donors (Lipinski definition) is 3. The van der Waals surface area contributed by atoms with Crippen LogP contribution in [0.3, 0.4) is 0 Å². The number of hydrogen-bond acceptors (Lipinski definition) is 9. The Balaban J connectivity index is 0.922. The standard InChI is InChI=1S/C35H31N9O3/c1-22-11-12-38-44(22)17-23-7-8-24-18-42-20-30(40-32(42)15-36-28(24)13-23)34(45)47-35(46)31-21-43-19-25-9-10-27(39-26-5-3-2-4-6-26)14-29(25)37-16-33(43)41-31/h2-14,20-21,36-37,39H,15-19H2,1H3. The number of imidazole rings is 2. The minimum absolute atomic E-state index is 0.0680. The number of nitrogens with one attached hydrogen (secondary N) is 3. The zero-order valence-corrected chi connectivity index (χ0v) is 25.6. The lowest BCUT2D eigenvalue weighted by Crippen LogP contribution is -2.14. The first-order chi connectivity index (χ1) is 22.9. The van der Waals surface area contributed by atoms with Gasteiger partial charge in [0.1, 0.15) is 11.6 Å². The minimum Gasteiger partial charge on any atom is -0.383 e. The largest absolute Gasteiger partial charge is 0.383 e. The normalized spacial score (nSPS) is 13.0. The second kappa shape index (κ2) is 11.6. The quantitative estimate of drug-likeness (QED) is 0.166. The monoisotopic (exact) mass is 625 g/mol. The molecule has 6 aromatic rings. The van der Waals surface area contributed by atoms with Gasteiger partial charge in [-0.25, -0.2) is 19.6 Å². The number of carbonyl (C=O) groups is 2. The van der Waals surface area contributed by atoms with E-state index in [1.807, 2.05) is 69.3 Å². The van der Waals surface area contributed by atoms with Crippen molar-refractivity contribution >= 4 is 34.7 Å². The van der Waals surface area contributed by atoms with Gasteiger partial charge >= 0.3 is 11.9 Å². The van der Waals surface area contributed by atoms with Crippen molar-refractivity contribution in [2.24, 2.45) is 0 Å². The summed E-state index contributed by atoms with van der Waals surface area (Å²) in [5.74, 6) is -0.291. The molecule has 0 unspecified atom stereocenters. The number of rotatable bonds is 6. The van der Waals surface area contributed by atoms with E-state index in [9.17, 15) is 9.59 Å². The summed E-state index contributed by atoms with van der Waals surface area (Å²) in [6.07, 6.45) is 5.06. The molecule has 2 aliphatic rings. The number of aromatic nitrogens is 6. The number of nitrogens with zero attached hydrogens (tertiary/aromatic N) is 6. The summed E-state index contributed by atoms with van der Waals surface area (Å²) < 4.78 is 11.0. The lowest BCUT2D eigenvalue weighted by Gasteiger charge is -2.12. The molecule has 0 radical (unpaired) electrons. The highest BCUT2D eigenvalue weighted by Gasteiger charge is 2.25. The van der Waals surface area contributed by atoms with Gasteiger partial charge in [-0.3, -0.25) is 4.68 Å². The Morgan fingerprint density at radius 1 is 0.787 bits per heavy atom. The molecular formula is C35H31N9O3. The van der Waals surface area contributed by atoms with Crippen LogP contribution < -0.4 is 16.0 Å². The summed E-state index contributed by atoms with van der Waals surface area (Å²) in [7, 11) is 0. The van der Waals surface area contributed by atoms with Gasteiger partial charge in [-0.05, 0) is 60.0 Å². The highest BCUT2D eigenvalue weighted by Crippen LogP contribution is 2.28. The topological polar surface area (TPSA) is 133 Å². The molecule has 12 nitrogen and oxygen atoms in total. The average Bonchev–Trinajstić information content (AvgIpc) is 3.74. The Hall–Kier alpha value is -6.17. The van der Waals surface area contributed by atoms with Crippen LogP contribution in [0.1, 0.15) is 55.0 Å². The molecule has 5 heterocycles. The molecule has 234 valence electrons. The van der Waals surface area contributed by atoms with Crippen molar-refractivity contribution in [2.75, 3.05) is 16.0 Å². The second-order valence-corrected chi connectivity index (χ2v) is 11.7. The van der Waals surface area contributed by atoms with Crippen LogP contribution in [0.4, 0.5) is 22.7 Å². The highest BCUT2D eigenvalue weighted by atomic mass is 16.6. The fourth-order valence-electron chi connectivity index (χ4n) is 5.97. The number of ether oxygens (including phenoxy) is 1. The second-order valence-electron chi connectivity index (χ2n) is 11.7. The van der Waals surface area contributed by atoms with E-state index in [0.717, 1.165) is 45.1 Å². The molecule has 12 heteroatoms. The van der Waals surface area contributed by atoms with E-state index in [4.69, 9.17) is 4.74 Å². The number of anilines is 4. The van der Waals surface area contributed by atoms with Crippen molar-refractivity contribution in [3.8, 4) is 0 Å². The van der Waals surface area contributed by atoms with Crippen molar-refractivity contribution in [3.63, 3.8) is 0 Å². The summed E-state index contributed by atoms with van der Waals surface area (Å²) in [6, 6.07) is 24.4. The molecule has 0 spiro atoms. The Labute approximate surface area is 270 Å². The molecule has 8 rings (SSSR count). The van der Waals surface area contributed by atoms with Gasteiger partial charge in [-0.2, -0.15) is 5.10 Å². The van der Waals surface area contributed by atoms with Gasteiger partial charge < -0.3 is 29.8 Å². The molecule has 2 aliphatic heterocycles. The van der Waals surface area contributed by atoms with Crippen LogP contribution in [0.15, 0.2) is 91.4 Å². The molecule has 3 N–H and O–H groups in total. The first-order valence-electron chi connectivity index (χ1n) is 15.4. The third-order valence-corrected chi connectivity index (χ3v) is 8.49. The number of esters is 2. The molecule has 0 bridgehead atoms. The molecule has 3 aromatic heterocycles. The van der Waals surface area contributed by atoms with E-state index in [1.54, 1.807) is 18.6 Å². The van der Waals surface area contributed by atoms with Gasteiger partial charge in [0.15, 0.2) is 11.4 Å². The zero-order chi connectivity index (χ0) is 31.9. The van der Waals surface area contributed by atoms with E-state index in [1.165, 1.54) is 0 Å². The Morgan fingerprint density at radius 2 is 1.43 bits per heavy atom. The maximum atomic E-state index is 13.0. The number of para-hydroxylation sites is 1. The van der Waals surface area contributed by atoms with Crippen LogP contribution >= 0.6 is 0 Å². The van der Waals surface area contributed by atoms with Gasteiger partial charge in [-0.1, -0.05) is 36.4 Å². The summed E-state index contributed by atoms with van der Waals surface area (Å²) in [4.78, 5) is 35.0. The third-order valence-electron chi connectivity index (χ3n) is 8.49. The first kappa shape index (κ1) is 28.3. The number of aryl methyl sites for hydroxylation is 1. The smallest absolute Gasteiger partial charge is 0.366 e. The lowest BCUT2D eigenvalue weighted by atomic mass is 10.1. The fourth-order valence-corrected chi connectivity index (χ4v) is 5.97. The van der Waals surface area contributed by atoms with Crippen LogP contribution in [0.5, 0.6) is 0 Å². The van der Waals surface area contributed by atoms with Crippen molar-refractivity contribution in [3.05, 3.63) is 137 Å². The fraction of sp³-hybridized carbons (Fsp3) is 0.171. The van der Waals surface area contributed by atoms with Crippen molar-refractivity contribution < 1.29 is 14.3 Å². The minimum atomic E-state index is -0.815. The summed E-state index contributed by atoms with van der Waals surface area (Å²) in [5.41, 5.74) is 8.45. The average molecular weight is 626 g/mol. The Morgan fingerprint density at radius 3 is 2.06 bits per heavy atom. The van der Waals surface area contributed by atoms with Crippen LogP contribution in [-0.2, 0) is 37.5 Å². The highest BCUT2D eigenvalue weighted by molar-refractivity contribution is 6.00. The van der Waals surface area contributed by atoms with Crippen molar-refractivity contribution in [1.82, 2.24) is 28.9 Å². The van der Waals surface area contributed by atoms with Crippen molar-refractivity contribution in [2.45, 2.75) is 39.6 Å². The molecular weight excluding hydrogens is 594 g/mol. The first-order valence-corrected chi connectivity index (χ1v) is 15.4. The predicted molar refractivity (Wildman–Crippen MR) is 176 cm³/mol. The molecule has 0 aliphatic carbocycles. The molecule has 3 aromatic carbocycles. The number of carbonyl (C=O) groups excluding carboxylic acids is 2. The third kappa shape index (κ3) is 5.72. The maximum Gasteiger partial charge on any atom is 0.366 e. The van der Waals surface area contributed by atoms with Gasteiger partial charge in [0.25, 0.3) is 0 Å². The van der Waals surface area contributed by atoms with E-state index >= 15 is 0 Å². The molecule has 0 saturated carbocycles. The molecule has 0 saturated heterocycles. The zero-order valence-electron chi connectivity index (χ0n) is 25.6.